The molecule has 0 radical (unpaired) electrons. The normalized spacial score (nSPS) is 10.9. The Bertz CT molecular complexity index is 668. The standard InChI is InChI=1S/C14H11BrN2/c1-10-6-7-17-13(9-16-14(17)8-10)11-2-4-12(15)5-3-11/h2-9H,1H3. The predicted octanol–water partition coefficient (Wildman–Crippen LogP) is 4.07. The zero-order valence-electron chi connectivity index (χ0n) is 9.39. The third kappa shape index (κ3) is 1.87. The highest BCUT2D eigenvalue weighted by Gasteiger charge is 2.05. The number of halogens is 1. The number of nitrogens with zero attached hydrogens (tertiary/aromatic N) is 2. The van der Waals surface area contributed by atoms with Crippen molar-refractivity contribution in [3.63, 3.8) is 0 Å². The Kier molecular flexibility index (Phi) is 2.48. The number of imidazole rings is 1. The molecule has 0 unspecified atom stereocenters. The smallest absolute Gasteiger partial charge is 0.137 e. The molecular weight excluding hydrogens is 276 g/mol. The molecule has 1 aromatic carbocycles. The highest BCUT2D eigenvalue weighted by molar-refractivity contribution is 9.10. The number of rotatable bonds is 1. The van der Waals surface area contributed by atoms with Gasteiger partial charge in [0.2, 0.25) is 0 Å². The molecule has 2 aromatic heterocycles. The van der Waals surface area contributed by atoms with Gasteiger partial charge in [-0.05, 0) is 36.8 Å². The first-order chi connectivity index (χ1) is 8.24. The zero-order valence-corrected chi connectivity index (χ0v) is 11.0. The predicted molar refractivity (Wildman–Crippen MR) is 73.1 cm³/mol. The monoisotopic (exact) mass is 286 g/mol. The first-order valence-corrected chi connectivity index (χ1v) is 6.23. The summed E-state index contributed by atoms with van der Waals surface area (Å²) in [7, 11) is 0. The summed E-state index contributed by atoms with van der Waals surface area (Å²) in [4.78, 5) is 4.43. The van der Waals surface area contributed by atoms with Gasteiger partial charge in [-0.15, -0.1) is 0 Å². The lowest BCUT2D eigenvalue weighted by Crippen LogP contribution is -1.88. The van der Waals surface area contributed by atoms with Crippen LogP contribution >= 0.6 is 15.9 Å². The van der Waals surface area contributed by atoms with E-state index < -0.39 is 0 Å². The van der Waals surface area contributed by atoms with Crippen LogP contribution in [0.15, 0.2) is 53.3 Å². The zero-order chi connectivity index (χ0) is 11.8. The Morgan fingerprint density at radius 3 is 2.65 bits per heavy atom. The average Bonchev–Trinajstić information content (AvgIpc) is 2.73. The van der Waals surface area contributed by atoms with Crippen LogP contribution in [0.4, 0.5) is 0 Å². The second-order valence-corrected chi connectivity index (χ2v) is 5.00. The van der Waals surface area contributed by atoms with Gasteiger partial charge in [-0.25, -0.2) is 4.98 Å². The molecule has 84 valence electrons. The summed E-state index contributed by atoms with van der Waals surface area (Å²) in [5.41, 5.74) is 4.51. The van der Waals surface area contributed by atoms with E-state index in [1.54, 1.807) is 0 Å². The van der Waals surface area contributed by atoms with Crippen molar-refractivity contribution in [3.8, 4) is 11.3 Å². The number of aromatic nitrogens is 2. The van der Waals surface area contributed by atoms with Crippen LogP contribution in [-0.4, -0.2) is 9.38 Å². The Morgan fingerprint density at radius 2 is 1.88 bits per heavy atom. The van der Waals surface area contributed by atoms with Crippen LogP contribution in [0.2, 0.25) is 0 Å². The molecule has 0 saturated carbocycles. The molecule has 0 saturated heterocycles. The lowest BCUT2D eigenvalue weighted by molar-refractivity contribution is 1.17. The Labute approximate surface area is 108 Å². The quantitative estimate of drug-likeness (QED) is 0.659. The number of aryl methyl sites for hydroxylation is 1. The van der Waals surface area contributed by atoms with Gasteiger partial charge in [-0.1, -0.05) is 28.1 Å². The van der Waals surface area contributed by atoms with Crippen LogP contribution in [0, 0.1) is 6.92 Å². The molecule has 3 heteroatoms. The maximum Gasteiger partial charge on any atom is 0.137 e. The SMILES string of the molecule is Cc1ccn2c(-c3ccc(Br)cc3)cnc2c1. The molecule has 0 N–H and O–H groups in total. The van der Waals surface area contributed by atoms with Crippen molar-refractivity contribution in [1.29, 1.82) is 0 Å². The number of pyridine rings is 1. The Hall–Kier alpha value is -1.61. The van der Waals surface area contributed by atoms with E-state index >= 15 is 0 Å². The summed E-state index contributed by atoms with van der Waals surface area (Å²) < 4.78 is 3.20. The minimum atomic E-state index is 0.989. The number of fused-ring (bicyclic) bond motifs is 1. The van der Waals surface area contributed by atoms with Crippen LogP contribution in [0.25, 0.3) is 16.9 Å². The summed E-state index contributed by atoms with van der Waals surface area (Å²) in [5.74, 6) is 0. The summed E-state index contributed by atoms with van der Waals surface area (Å²) in [6.07, 6.45) is 3.98. The van der Waals surface area contributed by atoms with Crippen LogP contribution in [0.5, 0.6) is 0 Å². The molecule has 17 heavy (non-hydrogen) atoms. The van der Waals surface area contributed by atoms with Crippen molar-refractivity contribution in [2.75, 3.05) is 0 Å². The van der Waals surface area contributed by atoms with E-state index in [0.717, 1.165) is 15.8 Å². The lowest BCUT2D eigenvalue weighted by atomic mass is 10.2. The summed E-state index contributed by atoms with van der Waals surface area (Å²) in [6, 6.07) is 12.5. The maximum absolute atomic E-state index is 4.43. The first kappa shape index (κ1) is 10.5. The molecular formula is C14H11BrN2. The molecule has 0 aliphatic carbocycles. The summed E-state index contributed by atoms with van der Waals surface area (Å²) >= 11 is 3.45. The van der Waals surface area contributed by atoms with Gasteiger partial charge >= 0.3 is 0 Å². The van der Waals surface area contributed by atoms with Crippen molar-refractivity contribution < 1.29 is 0 Å². The van der Waals surface area contributed by atoms with E-state index in [1.165, 1.54) is 11.1 Å². The summed E-state index contributed by atoms with van der Waals surface area (Å²) in [6.45, 7) is 2.08. The van der Waals surface area contributed by atoms with Gasteiger partial charge in [-0.3, -0.25) is 4.40 Å². The van der Waals surface area contributed by atoms with Crippen LogP contribution < -0.4 is 0 Å². The fourth-order valence-corrected chi connectivity index (χ4v) is 2.18. The van der Waals surface area contributed by atoms with Crippen LogP contribution in [0.1, 0.15) is 5.56 Å². The van der Waals surface area contributed by atoms with E-state index in [1.807, 2.05) is 18.3 Å². The number of hydrogen-bond acceptors (Lipinski definition) is 1. The second-order valence-electron chi connectivity index (χ2n) is 4.08. The van der Waals surface area contributed by atoms with E-state index in [-0.39, 0.29) is 0 Å². The molecule has 3 aromatic rings. The molecule has 2 nitrogen and oxygen atoms in total. The van der Waals surface area contributed by atoms with Crippen LogP contribution in [0.3, 0.4) is 0 Å². The summed E-state index contributed by atoms with van der Waals surface area (Å²) in [5, 5.41) is 0. The maximum atomic E-state index is 4.43. The van der Waals surface area contributed by atoms with Crippen molar-refractivity contribution in [3.05, 3.63) is 58.8 Å². The Morgan fingerprint density at radius 1 is 1.12 bits per heavy atom. The van der Waals surface area contributed by atoms with E-state index in [0.29, 0.717) is 0 Å². The lowest BCUT2D eigenvalue weighted by Gasteiger charge is -2.02. The Balaban J connectivity index is 2.21. The molecule has 0 spiro atoms. The minimum absolute atomic E-state index is 0.989. The average molecular weight is 287 g/mol. The van der Waals surface area contributed by atoms with Crippen molar-refractivity contribution in [1.82, 2.24) is 9.38 Å². The first-order valence-electron chi connectivity index (χ1n) is 5.44. The van der Waals surface area contributed by atoms with Gasteiger partial charge in [0, 0.05) is 16.2 Å². The molecule has 0 atom stereocenters. The van der Waals surface area contributed by atoms with Crippen molar-refractivity contribution >= 4 is 21.6 Å². The molecule has 3 rings (SSSR count). The molecule has 0 fully saturated rings. The van der Waals surface area contributed by atoms with Gasteiger partial charge in [0.25, 0.3) is 0 Å². The molecule has 2 heterocycles. The third-order valence-corrected chi connectivity index (χ3v) is 3.34. The van der Waals surface area contributed by atoms with Gasteiger partial charge in [-0.2, -0.15) is 0 Å². The fraction of sp³-hybridized carbons (Fsp3) is 0.0714. The van der Waals surface area contributed by atoms with Gasteiger partial charge in [0.1, 0.15) is 5.65 Å². The number of hydrogen-bond donors (Lipinski definition) is 0. The molecule has 0 bridgehead atoms. The van der Waals surface area contributed by atoms with E-state index in [2.05, 4.69) is 62.7 Å². The third-order valence-electron chi connectivity index (χ3n) is 2.81. The van der Waals surface area contributed by atoms with Gasteiger partial charge in [0.15, 0.2) is 0 Å². The fourth-order valence-electron chi connectivity index (χ4n) is 1.92. The number of benzene rings is 1. The van der Waals surface area contributed by atoms with Crippen LogP contribution in [-0.2, 0) is 0 Å². The molecule has 0 amide bonds. The van der Waals surface area contributed by atoms with Gasteiger partial charge in [0.05, 0.1) is 11.9 Å². The largest absolute Gasteiger partial charge is 0.300 e. The van der Waals surface area contributed by atoms with Gasteiger partial charge < -0.3 is 0 Å². The van der Waals surface area contributed by atoms with Crippen molar-refractivity contribution in [2.24, 2.45) is 0 Å². The highest BCUT2D eigenvalue weighted by Crippen LogP contribution is 2.23. The van der Waals surface area contributed by atoms with E-state index in [9.17, 15) is 0 Å². The highest BCUT2D eigenvalue weighted by atomic mass is 79.9. The molecule has 0 aliphatic rings. The van der Waals surface area contributed by atoms with E-state index in [4.69, 9.17) is 0 Å². The molecule has 0 aliphatic heterocycles. The second kappa shape index (κ2) is 4.00. The topological polar surface area (TPSA) is 17.3 Å². The minimum Gasteiger partial charge on any atom is -0.300 e. The van der Waals surface area contributed by atoms with Crippen molar-refractivity contribution in [2.45, 2.75) is 6.92 Å².